The maximum atomic E-state index is 10.6. The molecule has 0 aromatic carbocycles. The minimum Gasteiger partial charge on any atom is -0.452 e. The first-order chi connectivity index (χ1) is 4.74. The highest BCUT2D eigenvalue weighted by molar-refractivity contribution is 5.81. The van der Waals surface area contributed by atoms with Gasteiger partial charge in [-0.3, -0.25) is 0 Å². The van der Waals surface area contributed by atoms with Gasteiger partial charge in [0.1, 0.15) is 0 Å². The smallest absolute Gasteiger partial charge is 0.330 e. The average molecular weight is 141 g/mol. The number of carbonyl (C=O) groups excluding carboxylic acids is 1. The monoisotopic (exact) mass is 141 g/mol. The summed E-state index contributed by atoms with van der Waals surface area (Å²) in [5.74, 6) is -0.362. The lowest BCUT2D eigenvalue weighted by atomic mass is 10.2. The molecule has 0 amide bonds. The molecule has 0 saturated carbocycles. The van der Waals surface area contributed by atoms with Crippen LogP contribution in [0, 0.1) is 6.10 Å². The SMILES string of the molecule is C=CC(=O)O[C](CC)CC. The van der Waals surface area contributed by atoms with E-state index in [1.165, 1.54) is 6.08 Å². The molecule has 0 aliphatic heterocycles. The van der Waals surface area contributed by atoms with E-state index in [0.717, 1.165) is 18.9 Å². The van der Waals surface area contributed by atoms with Crippen LogP contribution in [0.15, 0.2) is 12.7 Å². The molecule has 0 rings (SSSR count). The fourth-order valence-electron chi connectivity index (χ4n) is 0.578. The molecular formula is C8H13O2. The highest BCUT2D eigenvalue weighted by atomic mass is 16.5. The minimum absolute atomic E-state index is 0.362. The number of ether oxygens (including phenoxy) is 1. The Morgan fingerprint density at radius 2 is 2.00 bits per heavy atom. The summed E-state index contributed by atoms with van der Waals surface area (Å²) in [6, 6.07) is 0. The second kappa shape index (κ2) is 5.03. The van der Waals surface area contributed by atoms with Crippen molar-refractivity contribution in [2.45, 2.75) is 26.7 Å². The summed E-state index contributed by atoms with van der Waals surface area (Å²) in [5, 5.41) is 0. The van der Waals surface area contributed by atoms with Crippen molar-refractivity contribution >= 4 is 5.97 Å². The van der Waals surface area contributed by atoms with Gasteiger partial charge in [-0.1, -0.05) is 20.4 Å². The molecule has 57 valence electrons. The zero-order valence-corrected chi connectivity index (χ0v) is 6.52. The fourth-order valence-corrected chi connectivity index (χ4v) is 0.578. The van der Waals surface area contributed by atoms with Gasteiger partial charge in [0.15, 0.2) is 6.10 Å². The predicted molar refractivity (Wildman–Crippen MR) is 40.1 cm³/mol. The van der Waals surface area contributed by atoms with Gasteiger partial charge in [0.25, 0.3) is 0 Å². The second-order valence-corrected chi connectivity index (χ2v) is 1.87. The van der Waals surface area contributed by atoms with Crippen molar-refractivity contribution in [1.82, 2.24) is 0 Å². The summed E-state index contributed by atoms with van der Waals surface area (Å²) in [6.07, 6.45) is 3.56. The molecule has 2 nitrogen and oxygen atoms in total. The van der Waals surface area contributed by atoms with Crippen LogP contribution in [-0.2, 0) is 9.53 Å². The maximum absolute atomic E-state index is 10.6. The zero-order valence-electron chi connectivity index (χ0n) is 6.52. The Labute approximate surface area is 61.9 Å². The summed E-state index contributed by atoms with van der Waals surface area (Å²) < 4.78 is 4.86. The van der Waals surface area contributed by atoms with Crippen molar-refractivity contribution in [1.29, 1.82) is 0 Å². The maximum Gasteiger partial charge on any atom is 0.330 e. The standard InChI is InChI=1S/C8H13O2/c1-4-7(5-2)10-8(9)6-3/h6H,3-5H2,1-2H3. The van der Waals surface area contributed by atoms with Crippen molar-refractivity contribution in [3.05, 3.63) is 18.8 Å². The molecule has 1 radical (unpaired) electrons. The van der Waals surface area contributed by atoms with E-state index in [1.54, 1.807) is 0 Å². The van der Waals surface area contributed by atoms with Crippen LogP contribution in [0.25, 0.3) is 0 Å². The molecule has 0 aromatic heterocycles. The predicted octanol–water partition coefficient (Wildman–Crippen LogP) is 2.07. The molecule has 0 saturated heterocycles. The summed E-state index contributed by atoms with van der Waals surface area (Å²) in [5.41, 5.74) is 0. The Hall–Kier alpha value is -0.790. The topological polar surface area (TPSA) is 26.3 Å². The zero-order chi connectivity index (χ0) is 7.98. The lowest BCUT2D eigenvalue weighted by Gasteiger charge is -2.09. The molecule has 10 heavy (non-hydrogen) atoms. The molecule has 0 aliphatic rings. The molecule has 0 fully saturated rings. The lowest BCUT2D eigenvalue weighted by Crippen LogP contribution is -2.06. The third-order valence-corrected chi connectivity index (χ3v) is 1.20. The Morgan fingerprint density at radius 1 is 1.50 bits per heavy atom. The molecule has 0 atom stereocenters. The molecule has 0 N–H and O–H groups in total. The summed E-state index contributed by atoms with van der Waals surface area (Å²) in [7, 11) is 0. The summed E-state index contributed by atoms with van der Waals surface area (Å²) >= 11 is 0. The first-order valence-electron chi connectivity index (χ1n) is 3.43. The summed E-state index contributed by atoms with van der Waals surface area (Å²) in [4.78, 5) is 10.6. The van der Waals surface area contributed by atoms with E-state index < -0.39 is 0 Å². The third kappa shape index (κ3) is 3.28. The number of carbonyl (C=O) groups is 1. The first-order valence-corrected chi connectivity index (χ1v) is 3.43. The van der Waals surface area contributed by atoms with Gasteiger partial charge in [-0.15, -0.1) is 0 Å². The minimum atomic E-state index is -0.362. The van der Waals surface area contributed by atoms with Crippen LogP contribution in [0.3, 0.4) is 0 Å². The largest absolute Gasteiger partial charge is 0.452 e. The van der Waals surface area contributed by atoms with Crippen LogP contribution in [0.1, 0.15) is 26.7 Å². The van der Waals surface area contributed by atoms with Crippen molar-refractivity contribution in [3.63, 3.8) is 0 Å². The fraction of sp³-hybridized carbons (Fsp3) is 0.500. The first kappa shape index (κ1) is 9.21. The molecule has 0 aromatic rings. The van der Waals surface area contributed by atoms with E-state index in [9.17, 15) is 4.79 Å². The molecule has 0 heterocycles. The number of rotatable bonds is 4. The number of hydrogen-bond acceptors (Lipinski definition) is 2. The van der Waals surface area contributed by atoms with Crippen LogP contribution in [-0.4, -0.2) is 5.97 Å². The quantitative estimate of drug-likeness (QED) is 0.442. The van der Waals surface area contributed by atoms with E-state index in [0.29, 0.717) is 0 Å². The van der Waals surface area contributed by atoms with Crippen molar-refractivity contribution < 1.29 is 9.53 Å². The number of esters is 1. The highest BCUT2D eigenvalue weighted by Crippen LogP contribution is 2.11. The average Bonchev–Trinajstić information content (AvgIpc) is 1.99. The van der Waals surface area contributed by atoms with E-state index in [-0.39, 0.29) is 5.97 Å². The van der Waals surface area contributed by atoms with Crippen molar-refractivity contribution in [2.75, 3.05) is 0 Å². The van der Waals surface area contributed by atoms with Gasteiger partial charge in [0.2, 0.25) is 0 Å². The highest BCUT2D eigenvalue weighted by Gasteiger charge is 2.07. The molecule has 0 aliphatic carbocycles. The molecular weight excluding hydrogens is 128 g/mol. The third-order valence-electron chi connectivity index (χ3n) is 1.20. The van der Waals surface area contributed by atoms with Crippen LogP contribution < -0.4 is 0 Å². The van der Waals surface area contributed by atoms with E-state index >= 15 is 0 Å². The molecule has 0 bridgehead atoms. The van der Waals surface area contributed by atoms with Gasteiger partial charge >= 0.3 is 5.97 Å². The van der Waals surface area contributed by atoms with E-state index in [1.807, 2.05) is 13.8 Å². The van der Waals surface area contributed by atoms with Crippen molar-refractivity contribution in [3.8, 4) is 0 Å². The van der Waals surface area contributed by atoms with E-state index in [4.69, 9.17) is 4.74 Å². The van der Waals surface area contributed by atoms with Gasteiger partial charge in [-0.2, -0.15) is 0 Å². The van der Waals surface area contributed by atoms with Crippen molar-refractivity contribution in [2.24, 2.45) is 0 Å². The Balaban J connectivity index is 3.62. The van der Waals surface area contributed by atoms with Gasteiger partial charge in [0, 0.05) is 6.08 Å². The van der Waals surface area contributed by atoms with Crippen LogP contribution in [0.5, 0.6) is 0 Å². The lowest BCUT2D eigenvalue weighted by molar-refractivity contribution is -0.137. The molecule has 0 unspecified atom stereocenters. The van der Waals surface area contributed by atoms with E-state index in [2.05, 4.69) is 6.58 Å². The molecule has 0 spiro atoms. The normalized spacial score (nSPS) is 9.50. The second-order valence-electron chi connectivity index (χ2n) is 1.87. The molecule has 2 heteroatoms. The summed E-state index contributed by atoms with van der Waals surface area (Å²) in [6.45, 7) is 7.20. The van der Waals surface area contributed by atoms with Gasteiger partial charge in [-0.25, -0.2) is 4.79 Å². The van der Waals surface area contributed by atoms with Gasteiger partial charge < -0.3 is 4.74 Å². The van der Waals surface area contributed by atoms with Gasteiger partial charge in [0.05, 0.1) is 0 Å². The van der Waals surface area contributed by atoms with Gasteiger partial charge in [-0.05, 0) is 12.8 Å². The Morgan fingerprint density at radius 3 is 2.30 bits per heavy atom. The van der Waals surface area contributed by atoms with Crippen LogP contribution >= 0.6 is 0 Å². The number of hydrogen-bond donors (Lipinski definition) is 0. The Kier molecular flexibility index (Phi) is 4.63. The van der Waals surface area contributed by atoms with Crippen LogP contribution in [0.4, 0.5) is 0 Å². The van der Waals surface area contributed by atoms with Crippen LogP contribution in [0.2, 0.25) is 0 Å². The Bertz CT molecular complexity index is 114.